The molecule has 0 saturated heterocycles. The third-order valence-electron chi connectivity index (χ3n) is 5.78. The molecule has 2 heterocycles. The molecule has 5 rings (SSSR count). The van der Waals surface area contributed by atoms with E-state index in [1.807, 2.05) is 42.5 Å². The van der Waals surface area contributed by atoms with E-state index in [9.17, 15) is 17.5 Å². The molecule has 8 heteroatoms. The van der Waals surface area contributed by atoms with Crippen molar-refractivity contribution in [2.24, 2.45) is 0 Å². The van der Waals surface area contributed by atoms with Crippen molar-refractivity contribution in [3.63, 3.8) is 0 Å². The molecule has 1 aliphatic rings. The molecule has 0 radical (unpaired) electrons. The second-order valence-corrected chi connectivity index (χ2v) is 8.61. The maximum atomic E-state index is 12.9. The summed E-state index contributed by atoms with van der Waals surface area (Å²) >= 11 is -2.13. The molecule has 0 bridgehead atoms. The Bertz CT molecular complexity index is 1300. The number of benzene rings is 3. The van der Waals surface area contributed by atoms with Crippen LogP contribution in [-0.4, -0.2) is 24.9 Å². The number of halogens is 2. The number of alkyl halides is 2. The molecule has 0 amide bonds. The molecule has 1 aliphatic heterocycles. The SMILES string of the molecule is O=S([O-])Cc1ccc(-c2ccc3nc4n(c3c2)C(c2ccccc2OC(F)F)CC4)cc1. The van der Waals surface area contributed by atoms with E-state index in [0.29, 0.717) is 5.56 Å². The Morgan fingerprint density at radius 2 is 1.84 bits per heavy atom. The number of hydrogen-bond donors (Lipinski definition) is 0. The van der Waals surface area contributed by atoms with E-state index in [1.165, 1.54) is 0 Å². The first-order chi connectivity index (χ1) is 15.5. The molecule has 0 fully saturated rings. The zero-order valence-electron chi connectivity index (χ0n) is 16.9. The molecular weight excluding hydrogens is 434 g/mol. The van der Waals surface area contributed by atoms with Gasteiger partial charge < -0.3 is 13.9 Å². The molecule has 3 aromatic carbocycles. The van der Waals surface area contributed by atoms with Crippen molar-refractivity contribution < 1.29 is 22.3 Å². The standard InChI is InChI=1S/C24H20F2N2O3S/c25-24(26)31-22-4-2-1-3-18(22)20-11-12-23-27-19-10-9-17(13-21(19)28(20)23)16-7-5-15(6-8-16)14-32(29)30/h1-10,13,20,24H,11-12,14H2,(H,29,30)/p-1. The third kappa shape index (κ3) is 3.91. The van der Waals surface area contributed by atoms with E-state index in [1.54, 1.807) is 24.3 Å². The van der Waals surface area contributed by atoms with Gasteiger partial charge in [0.25, 0.3) is 0 Å². The zero-order valence-corrected chi connectivity index (χ0v) is 17.7. The maximum Gasteiger partial charge on any atom is 0.387 e. The smallest absolute Gasteiger partial charge is 0.387 e. The normalized spacial score (nSPS) is 16.4. The van der Waals surface area contributed by atoms with Crippen molar-refractivity contribution in [2.75, 3.05) is 0 Å². The van der Waals surface area contributed by atoms with Crippen LogP contribution in [0.4, 0.5) is 8.78 Å². The van der Waals surface area contributed by atoms with Gasteiger partial charge >= 0.3 is 6.61 Å². The minimum absolute atomic E-state index is 0.0166. The largest absolute Gasteiger partial charge is 0.772 e. The van der Waals surface area contributed by atoms with Gasteiger partial charge in [-0.05, 0) is 41.3 Å². The van der Waals surface area contributed by atoms with Crippen molar-refractivity contribution in [2.45, 2.75) is 31.2 Å². The molecule has 32 heavy (non-hydrogen) atoms. The minimum Gasteiger partial charge on any atom is -0.772 e. The lowest BCUT2D eigenvalue weighted by atomic mass is 10.0. The van der Waals surface area contributed by atoms with Gasteiger partial charge in [-0.2, -0.15) is 8.78 Å². The number of aromatic nitrogens is 2. The summed E-state index contributed by atoms with van der Waals surface area (Å²) in [5.74, 6) is 1.09. The molecule has 0 saturated carbocycles. The van der Waals surface area contributed by atoms with Crippen molar-refractivity contribution in [3.8, 4) is 16.9 Å². The maximum absolute atomic E-state index is 12.9. The first-order valence-electron chi connectivity index (χ1n) is 10.2. The Kier molecular flexibility index (Phi) is 5.48. The Morgan fingerprint density at radius 3 is 2.59 bits per heavy atom. The molecule has 2 unspecified atom stereocenters. The molecule has 4 aromatic rings. The lowest BCUT2D eigenvalue weighted by molar-refractivity contribution is -0.0506. The second-order valence-electron chi connectivity index (χ2n) is 7.72. The van der Waals surface area contributed by atoms with Crippen LogP contribution in [0.2, 0.25) is 0 Å². The summed E-state index contributed by atoms with van der Waals surface area (Å²) in [7, 11) is 0. The van der Waals surface area contributed by atoms with Crippen LogP contribution in [0.15, 0.2) is 66.7 Å². The lowest BCUT2D eigenvalue weighted by Crippen LogP contribution is -2.10. The Hall–Kier alpha value is -3.10. The van der Waals surface area contributed by atoms with Gasteiger partial charge in [-0.3, -0.25) is 4.21 Å². The van der Waals surface area contributed by atoms with Crippen LogP contribution >= 0.6 is 0 Å². The summed E-state index contributed by atoms with van der Waals surface area (Å²) < 4.78 is 54.6. The van der Waals surface area contributed by atoms with Crippen molar-refractivity contribution >= 4 is 22.1 Å². The quantitative estimate of drug-likeness (QED) is 0.376. The predicted molar refractivity (Wildman–Crippen MR) is 117 cm³/mol. The van der Waals surface area contributed by atoms with Crippen LogP contribution in [-0.2, 0) is 23.3 Å². The fourth-order valence-corrected chi connectivity index (χ4v) is 4.89. The number of aryl methyl sites for hydroxylation is 1. The van der Waals surface area contributed by atoms with Crippen molar-refractivity contribution in [1.29, 1.82) is 0 Å². The van der Waals surface area contributed by atoms with Crippen molar-refractivity contribution in [1.82, 2.24) is 9.55 Å². The second kappa shape index (κ2) is 8.44. The van der Waals surface area contributed by atoms with Crippen LogP contribution in [0, 0.1) is 0 Å². The van der Waals surface area contributed by atoms with E-state index < -0.39 is 17.7 Å². The highest BCUT2D eigenvalue weighted by Gasteiger charge is 2.29. The van der Waals surface area contributed by atoms with Gasteiger partial charge in [0.1, 0.15) is 11.6 Å². The van der Waals surface area contributed by atoms with E-state index in [-0.39, 0.29) is 17.5 Å². The van der Waals surface area contributed by atoms with Gasteiger partial charge in [0, 0.05) is 17.7 Å². The number of fused-ring (bicyclic) bond motifs is 3. The summed E-state index contributed by atoms with van der Waals surface area (Å²) in [6, 6.07) is 20.1. The molecule has 164 valence electrons. The van der Waals surface area contributed by atoms with Crippen LogP contribution in [0.3, 0.4) is 0 Å². The van der Waals surface area contributed by atoms with Crippen molar-refractivity contribution in [3.05, 3.63) is 83.7 Å². The fraction of sp³-hybridized carbons (Fsp3) is 0.208. The topological polar surface area (TPSA) is 67.2 Å². The highest BCUT2D eigenvalue weighted by Crippen LogP contribution is 2.40. The molecule has 0 aliphatic carbocycles. The third-order valence-corrected chi connectivity index (χ3v) is 6.35. The number of nitrogens with zero attached hydrogens (tertiary/aromatic N) is 2. The summed E-state index contributed by atoms with van der Waals surface area (Å²) in [5.41, 5.74) is 5.14. The highest BCUT2D eigenvalue weighted by atomic mass is 32.2. The summed E-state index contributed by atoms with van der Waals surface area (Å²) in [6.45, 7) is -2.88. The first kappa shape index (κ1) is 20.8. The predicted octanol–water partition coefficient (Wildman–Crippen LogP) is 5.22. The monoisotopic (exact) mass is 453 g/mol. The number of para-hydroxylation sites is 1. The van der Waals surface area contributed by atoms with Gasteiger partial charge in [0.15, 0.2) is 0 Å². The first-order valence-corrected chi connectivity index (χ1v) is 11.4. The van der Waals surface area contributed by atoms with Gasteiger partial charge in [-0.15, -0.1) is 0 Å². The molecule has 0 N–H and O–H groups in total. The lowest BCUT2D eigenvalue weighted by Gasteiger charge is -2.19. The van der Waals surface area contributed by atoms with Gasteiger partial charge in [-0.25, -0.2) is 4.98 Å². The average Bonchev–Trinajstić information content (AvgIpc) is 3.33. The van der Waals surface area contributed by atoms with E-state index in [2.05, 4.69) is 4.57 Å². The summed E-state index contributed by atoms with van der Waals surface area (Å²) in [6.07, 6.45) is 1.51. The number of hydrogen-bond acceptors (Lipinski definition) is 4. The van der Waals surface area contributed by atoms with E-state index >= 15 is 0 Å². The van der Waals surface area contributed by atoms with Gasteiger partial charge in [0.2, 0.25) is 0 Å². The Balaban J connectivity index is 1.55. The minimum atomic E-state index is -2.88. The molecule has 2 atom stereocenters. The van der Waals surface area contributed by atoms with Crippen LogP contribution in [0.25, 0.3) is 22.2 Å². The van der Waals surface area contributed by atoms with Crippen LogP contribution < -0.4 is 4.74 Å². The summed E-state index contributed by atoms with van der Waals surface area (Å²) in [5, 5.41) is 0. The highest BCUT2D eigenvalue weighted by molar-refractivity contribution is 7.78. The fourth-order valence-electron chi connectivity index (χ4n) is 4.42. The van der Waals surface area contributed by atoms with Gasteiger partial charge in [-0.1, -0.05) is 59.6 Å². The summed E-state index contributed by atoms with van der Waals surface area (Å²) in [4.78, 5) is 4.75. The molecule has 0 spiro atoms. The van der Waals surface area contributed by atoms with Gasteiger partial charge in [0.05, 0.1) is 17.1 Å². The molecular formula is C24H19F2N2O3S-. The Labute approximate surface area is 186 Å². The number of ether oxygens (including phenoxy) is 1. The molecule has 1 aromatic heterocycles. The van der Waals surface area contributed by atoms with Crippen LogP contribution in [0.5, 0.6) is 5.75 Å². The number of imidazole rings is 1. The van der Waals surface area contributed by atoms with E-state index in [0.717, 1.165) is 46.4 Å². The molecule has 5 nitrogen and oxygen atoms in total. The zero-order chi connectivity index (χ0) is 22.2. The van der Waals surface area contributed by atoms with Crippen LogP contribution in [0.1, 0.15) is 29.4 Å². The number of rotatable bonds is 6. The van der Waals surface area contributed by atoms with E-state index in [4.69, 9.17) is 9.72 Å². The Morgan fingerprint density at radius 1 is 1.09 bits per heavy atom. The average molecular weight is 453 g/mol.